The molecule has 0 atom stereocenters. The third kappa shape index (κ3) is 2.10. The summed E-state index contributed by atoms with van der Waals surface area (Å²) in [5.74, 6) is 1.03. The van der Waals surface area contributed by atoms with Crippen molar-refractivity contribution < 1.29 is 5.11 Å². The van der Waals surface area contributed by atoms with E-state index in [1.54, 1.807) is 0 Å². The van der Waals surface area contributed by atoms with Crippen LogP contribution >= 0.6 is 15.9 Å². The Bertz CT molecular complexity index is 565. The number of piperidine rings is 1. The SMILES string of the molecule is OC1CCN(c2ncc(Br)c3ccccc23)CC1. The average Bonchev–Trinajstić information content (AvgIpc) is 2.41. The van der Waals surface area contributed by atoms with Crippen molar-refractivity contribution in [2.45, 2.75) is 18.9 Å². The number of aliphatic hydroxyl groups excluding tert-OH is 1. The van der Waals surface area contributed by atoms with Crippen LogP contribution in [-0.4, -0.2) is 29.3 Å². The molecule has 0 spiro atoms. The minimum atomic E-state index is -0.150. The van der Waals surface area contributed by atoms with Crippen molar-refractivity contribution in [3.8, 4) is 0 Å². The molecule has 94 valence electrons. The minimum absolute atomic E-state index is 0.150. The Kier molecular flexibility index (Phi) is 3.22. The number of pyridine rings is 1. The van der Waals surface area contributed by atoms with Crippen molar-refractivity contribution >= 4 is 32.5 Å². The second-order valence-corrected chi connectivity index (χ2v) is 5.55. The van der Waals surface area contributed by atoms with Crippen molar-refractivity contribution in [1.82, 2.24) is 4.98 Å². The van der Waals surface area contributed by atoms with Gasteiger partial charge in [-0.3, -0.25) is 0 Å². The van der Waals surface area contributed by atoms with E-state index >= 15 is 0 Å². The number of anilines is 1. The van der Waals surface area contributed by atoms with E-state index in [1.807, 2.05) is 18.3 Å². The van der Waals surface area contributed by atoms with E-state index in [2.05, 4.69) is 37.9 Å². The number of hydrogen-bond donors (Lipinski definition) is 1. The van der Waals surface area contributed by atoms with Gasteiger partial charge in [0.1, 0.15) is 5.82 Å². The van der Waals surface area contributed by atoms with Crippen LogP contribution in [0.1, 0.15) is 12.8 Å². The fraction of sp³-hybridized carbons (Fsp3) is 0.357. The van der Waals surface area contributed by atoms with Crippen LogP contribution in [0.25, 0.3) is 10.8 Å². The van der Waals surface area contributed by atoms with E-state index < -0.39 is 0 Å². The largest absolute Gasteiger partial charge is 0.393 e. The molecule has 0 aliphatic carbocycles. The molecule has 0 unspecified atom stereocenters. The zero-order chi connectivity index (χ0) is 12.5. The van der Waals surface area contributed by atoms with E-state index in [0.717, 1.165) is 36.2 Å². The molecule has 0 bridgehead atoms. The number of nitrogens with zero attached hydrogens (tertiary/aromatic N) is 2. The predicted octanol–water partition coefficient (Wildman–Crippen LogP) is 2.96. The maximum atomic E-state index is 9.58. The molecule has 0 radical (unpaired) electrons. The van der Waals surface area contributed by atoms with Gasteiger partial charge in [0.2, 0.25) is 0 Å². The molecule has 3 nitrogen and oxygen atoms in total. The highest BCUT2D eigenvalue weighted by Crippen LogP contribution is 2.31. The van der Waals surface area contributed by atoms with E-state index in [-0.39, 0.29) is 6.10 Å². The number of rotatable bonds is 1. The maximum absolute atomic E-state index is 9.58. The summed E-state index contributed by atoms with van der Waals surface area (Å²) in [5.41, 5.74) is 0. The van der Waals surface area contributed by atoms with E-state index in [0.29, 0.717) is 0 Å². The summed E-state index contributed by atoms with van der Waals surface area (Å²) in [4.78, 5) is 6.82. The number of benzene rings is 1. The molecule has 0 saturated carbocycles. The average molecular weight is 307 g/mol. The highest BCUT2D eigenvalue weighted by atomic mass is 79.9. The Morgan fingerprint density at radius 3 is 2.56 bits per heavy atom. The van der Waals surface area contributed by atoms with Gasteiger partial charge in [0.25, 0.3) is 0 Å². The molecule has 1 aromatic heterocycles. The third-order valence-corrected chi connectivity index (χ3v) is 4.12. The summed E-state index contributed by atoms with van der Waals surface area (Å²) in [6.07, 6.45) is 3.36. The fourth-order valence-corrected chi connectivity index (χ4v) is 2.92. The zero-order valence-electron chi connectivity index (χ0n) is 10.0. The van der Waals surface area contributed by atoms with Gasteiger partial charge in [0.05, 0.1) is 6.10 Å². The Labute approximate surface area is 115 Å². The molecule has 1 aromatic carbocycles. The molecule has 1 fully saturated rings. The first-order valence-electron chi connectivity index (χ1n) is 6.22. The van der Waals surface area contributed by atoms with Crippen molar-refractivity contribution in [2.75, 3.05) is 18.0 Å². The molecular weight excluding hydrogens is 292 g/mol. The topological polar surface area (TPSA) is 36.4 Å². The van der Waals surface area contributed by atoms with Crippen molar-refractivity contribution in [3.63, 3.8) is 0 Å². The summed E-state index contributed by atoms with van der Waals surface area (Å²) >= 11 is 3.54. The first-order chi connectivity index (χ1) is 8.75. The van der Waals surface area contributed by atoms with E-state index in [9.17, 15) is 5.11 Å². The summed E-state index contributed by atoms with van der Waals surface area (Å²) < 4.78 is 1.03. The fourth-order valence-electron chi connectivity index (χ4n) is 2.47. The Hall–Kier alpha value is -1.13. The summed E-state index contributed by atoms with van der Waals surface area (Å²) in [6, 6.07) is 8.28. The lowest BCUT2D eigenvalue weighted by Crippen LogP contribution is -2.36. The van der Waals surface area contributed by atoms with E-state index in [1.165, 1.54) is 10.8 Å². The summed E-state index contributed by atoms with van der Waals surface area (Å²) in [5, 5.41) is 11.9. The number of aliphatic hydroxyl groups is 1. The van der Waals surface area contributed by atoms with E-state index in [4.69, 9.17) is 0 Å². The van der Waals surface area contributed by atoms with Gasteiger partial charge in [-0.05, 0) is 28.8 Å². The van der Waals surface area contributed by atoms with Crippen LogP contribution in [0.2, 0.25) is 0 Å². The van der Waals surface area contributed by atoms with Crippen LogP contribution < -0.4 is 4.90 Å². The first-order valence-corrected chi connectivity index (χ1v) is 7.01. The molecule has 0 amide bonds. The van der Waals surface area contributed by atoms with Gasteiger partial charge in [0, 0.05) is 34.5 Å². The van der Waals surface area contributed by atoms with Crippen LogP contribution in [0.5, 0.6) is 0 Å². The standard InChI is InChI=1S/C14H15BrN2O/c15-13-9-16-14(12-4-2-1-3-11(12)13)17-7-5-10(18)6-8-17/h1-4,9-10,18H,5-8H2. The lowest BCUT2D eigenvalue weighted by atomic mass is 10.1. The molecule has 18 heavy (non-hydrogen) atoms. The molecule has 1 aliphatic heterocycles. The number of aromatic nitrogens is 1. The molecule has 4 heteroatoms. The second kappa shape index (κ2) is 4.86. The molecular formula is C14H15BrN2O. The molecule has 2 aromatic rings. The molecule has 3 rings (SSSR count). The Morgan fingerprint density at radius 2 is 1.83 bits per heavy atom. The van der Waals surface area contributed by atoms with Crippen molar-refractivity contribution in [1.29, 1.82) is 0 Å². The predicted molar refractivity (Wildman–Crippen MR) is 76.9 cm³/mol. The van der Waals surface area contributed by atoms with Gasteiger partial charge in [-0.25, -0.2) is 4.98 Å². The van der Waals surface area contributed by atoms with Gasteiger partial charge < -0.3 is 10.0 Å². The molecule has 1 saturated heterocycles. The monoisotopic (exact) mass is 306 g/mol. The lowest BCUT2D eigenvalue weighted by Gasteiger charge is -2.31. The van der Waals surface area contributed by atoms with Crippen LogP contribution in [0, 0.1) is 0 Å². The minimum Gasteiger partial charge on any atom is -0.393 e. The zero-order valence-corrected chi connectivity index (χ0v) is 11.6. The maximum Gasteiger partial charge on any atom is 0.136 e. The quantitative estimate of drug-likeness (QED) is 0.880. The van der Waals surface area contributed by atoms with Crippen LogP contribution in [-0.2, 0) is 0 Å². The molecule has 1 N–H and O–H groups in total. The smallest absolute Gasteiger partial charge is 0.136 e. The van der Waals surface area contributed by atoms with Gasteiger partial charge in [-0.15, -0.1) is 0 Å². The first kappa shape index (κ1) is 11.9. The number of halogens is 1. The van der Waals surface area contributed by atoms with Gasteiger partial charge in [-0.1, -0.05) is 24.3 Å². The van der Waals surface area contributed by atoms with Gasteiger partial charge in [-0.2, -0.15) is 0 Å². The number of fused-ring (bicyclic) bond motifs is 1. The van der Waals surface area contributed by atoms with Gasteiger partial charge in [0.15, 0.2) is 0 Å². The molecule has 2 heterocycles. The summed E-state index contributed by atoms with van der Waals surface area (Å²) in [6.45, 7) is 1.75. The van der Waals surface area contributed by atoms with Crippen molar-refractivity contribution in [2.24, 2.45) is 0 Å². The second-order valence-electron chi connectivity index (χ2n) is 4.69. The Morgan fingerprint density at radius 1 is 1.17 bits per heavy atom. The normalized spacial score (nSPS) is 17.3. The summed E-state index contributed by atoms with van der Waals surface area (Å²) in [7, 11) is 0. The lowest BCUT2D eigenvalue weighted by molar-refractivity contribution is 0.145. The van der Waals surface area contributed by atoms with Crippen LogP contribution in [0.3, 0.4) is 0 Å². The van der Waals surface area contributed by atoms with Gasteiger partial charge >= 0.3 is 0 Å². The third-order valence-electron chi connectivity index (χ3n) is 3.49. The number of hydrogen-bond acceptors (Lipinski definition) is 3. The molecule has 1 aliphatic rings. The van der Waals surface area contributed by atoms with Crippen molar-refractivity contribution in [3.05, 3.63) is 34.9 Å². The Balaban J connectivity index is 2.04. The van der Waals surface area contributed by atoms with Crippen LogP contribution in [0.15, 0.2) is 34.9 Å². The highest BCUT2D eigenvalue weighted by molar-refractivity contribution is 9.10. The van der Waals surface area contributed by atoms with Crippen LogP contribution in [0.4, 0.5) is 5.82 Å². The highest BCUT2D eigenvalue weighted by Gasteiger charge is 2.20.